The zero-order valence-corrected chi connectivity index (χ0v) is 20.5. The number of thioether (sulfide) groups is 1. The highest BCUT2D eigenvalue weighted by molar-refractivity contribution is 8.00. The maximum Gasteiger partial charge on any atom is 0.289 e. The quantitative estimate of drug-likeness (QED) is 0.335. The van der Waals surface area contributed by atoms with Gasteiger partial charge in [-0.15, -0.1) is 11.3 Å². The Morgan fingerprint density at radius 1 is 1.15 bits per heavy atom. The summed E-state index contributed by atoms with van der Waals surface area (Å²) >= 11 is 3.27. The van der Waals surface area contributed by atoms with E-state index in [0.717, 1.165) is 51.8 Å². The number of rotatable bonds is 5. The minimum absolute atomic E-state index is 0.0520. The number of nitrogens with zero attached hydrogens (tertiary/aromatic N) is 4. The smallest absolute Gasteiger partial charge is 0.289 e. The number of fused-ring (bicyclic) bond motifs is 1. The van der Waals surface area contributed by atoms with Crippen molar-refractivity contribution in [1.29, 1.82) is 5.26 Å². The Hall–Kier alpha value is -3.28. The highest BCUT2D eigenvalue weighted by atomic mass is 32.2. The molecule has 1 amide bonds. The first kappa shape index (κ1) is 22.5. The van der Waals surface area contributed by atoms with E-state index in [-0.39, 0.29) is 5.91 Å². The van der Waals surface area contributed by atoms with Gasteiger partial charge >= 0.3 is 0 Å². The van der Waals surface area contributed by atoms with Crippen LogP contribution in [0.2, 0.25) is 0 Å². The molecular formula is C26H24N4O2S2. The number of furan rings is 1. The van der Waals surface area contributed by atoms with Crippen LogP contribution in [0.25, 0.3) is 11.0 Å². The largest absolute Gasteiger partial charge is 0.451 e. The maximum atomic E-state index is 13.6. The SMILES string of the molecule is Cc1csc(SCc2c(C(=O)N3CCCN(c4ccc(C#N)cc4)CC3)oc3ccccc23)n1. The van der Waals surface area contributed by atoms with Crippen LogP contribution in [0, 0.1) is 18.3 Å². The van der Waals surface area contributed by atoms with E-state index in [4.69, 9.17) is 9.68 Å². The van der Waals surface area contributed by atoms with E-state index in [0.29, 0.717) is 30.2 Å². The molecule has 2 aromatic heterocycles. The minimum atomic E-state index is -0.0520. The second-order valence-electron chi connectivity index (χ2n) is 8.24. The fraction of sp³-hybridized carbons (Fsp3) is 0.269. The third-order valence-corrected chi connectivity index (χ3v) is 8.14. The van der Waals surface area contributed by atoms with Crippen molar-refractivity contribution in [3.63, 3.8) is 0 Å². The standard InChI is InChI=1S/C26H24N4O2S2/c1-18-16-33-26(28-18)34-17-22-21-5-2-3-6-23(21)32-24(22)25(31)30-12-4-11-29(13-14-30)20-9-7-19(15-27)8-10-20/h2-3,5-10,16H,4,11-14,17H2,1H3. The maximum absolute atomic E-state index is 13.6. The third kappa shape index (κ3) is 4.67. The molecule has 6 nitrogen and oxygen atoms in total. The van der Waals surface area contributed by atoms with Crippen LogP contribution in [0.5, 0.6) is 0 Å². The molecule has 1 aliphatic heterocycles. The Balaban J connectivity index is 1.35. The molecule has 8 heteroatoms. The number of aromatic nitrogens is 1. The topological polar surface area (TPSA) is 73.4 Å². The summed E-state index contributed by atoms with van der Waals surface area (Å²) in [6.45, 7) is 4.89. The summed E-state index contributed by atoms with van der Waals surface area (Å²) < 4.78 is 7.11. The summed E-state index contributed by atoms with van der Waals surface area (Å²) in [6, 6.07) is 17.6. The van der Waals surface area contributed by atoms with Crippen LogP contribution in [-0.2, 0) is 5.75 Å². The Morgan fingerprint density at radius 2 is 1.97 bits per heavy atom. The summed E-state index contributed by atoms with van der Waals surface area (Å²) in [5, 5.41) is 12.1. The molecule has 0 radical (unpaired) electrons. The van der Waals surface area contributed by atoms with Crippen LogP contribution in [0.1, 0.15) is 33.8 Å². The number of anilines is 1. The lowest BCUT2D eigenvalue weighted by Gasteiger charge is -2.23. The second-order valence-corrected chi connectivity index (χ2v) is 10.3. The molecule has 0 unspecified atom stereocenters. The van der Waals surface area contributed by atoms with Crippen LogP contribution in [0.15, 0.2) is 62.7 Å². The molecule has 0 bridgehead atoms. The zero-order chi connectivity index (χ0) is 23.5. The van der Waals surface area contributed by atoms with Crippen LogP contribution in [0.4, 0.5) is 5.69 Å². The lowest BCUT2D eigenvalue weighted by atomic mass is 10.1. The van der Waals surface area contributed by atoms with Gasteiger partial charge in [0.1, 0.15) is 9.92 Å². The number of thiazole rings is 1. The van der Waals surface area contributed by atoms with Gasteiger partial charge in [0, 0.05) is 59.6 Å². The van der Waals surface area contributed by atoms with Gasteiger partial charge < -0.3 is 14.2 Å². The van der Waals surface area contributed by atoms with Gasteiger partial charge in [0.05, 0.1) is 11.6 Å². The van der Waals surface area contributed by atoms with Crippen molar-refractivity contribution in [3.8, 4) is 6.07 Å². The van der Waals surface area contributed by atoms with Crippen molar-refractivity contribution in [2.24, 2.45) is 0 Å². The number of nitriles is 1. The Kier molecular flexibility index (Phi) is 6.57. The van der Waals surface area contributed by atoms with E-state index in [9.17, 15) is 4.79 Å². The van der Waals surface area contributed by atoms with Gasteiger partial charge in [-0.25, -0.2) is 4.98 Å². The average molecular weight is 489 g/mol. The minimum Gasteiger partial charge on any atom is -0.451 e. The van der Waals surface area contributed by atoms with Crippen molar-refractivity contribution >= 4 is 45.7 Å². The van der Waals surface area contributed by atoms with Gasteiger partial charge in [-0.3, -0.25) is 4.79 Å². The molecule has 1 saturated heterocycles. The molecule has 4 aromatic rings. The summed E-state index contributed by atoms with van der Waals surface area (Å²) in [7, 11) is 0. The fourth-order valence-electron chi connectivity index (χ4n) is 4.22. The van der Waals surface area contributed by atoms with Crippen LogP contribution in [0.3, 0.4) is 0 Å². The average Bonchev–Trinajstić information content (AvgIpc) is 3.36. The van der Waals surface area contributed by atoms with Crippen molar-refractivity contribution in [1.82, 2.24) is 9.88 Å². The van der Waals surface area contributed by atoms with Crippen molar-refractivity contribution in [2.45, 2.75) is 23.4 Å². The summed E-state index contributed by atoms with van der Waals surface area (Å²) in [5.74, 6) is 1.02. The Morgan fingerprint density at radius 3 is 2.74 bits per heavy atom. The predicted molar refractivity (Wildman–Crippen MR) is 137 cm³/mol. The zero-order valence-electron chi connectivity index (χ0n) is 18.9. The fourth-order valence-corrected chi connectivity index (χ4v) is 6.09. The normalized spacial score (nSPS) is 14.2. The molecule has 172 valence electrons. The number of hydrogen-bond donors (Lipinski definition) is 0. The first-order chi connectivity index (χ1) is 16.6. The lowest BCUT2D eigenvalue weighted by Crippen LogP contribution is -2.35. The molecular weight excluding hydrogens is 464 g/mol. The molecule has 0 aliphatic carbocycles. The van der Waals surface area contributed by atoms with Gasteiger partial charge in [-0.1, -0.05) is 30.0 Å². The highest BCUT2D eigenvalue weighted by Crippen LogP contribution is 2.34. The molecule has 5 rings (SSSR count). The number of para-hydroxylation sites is 1. The summed E-state index contributed by atoms with van der Waals surface area (Å²) in [6.07, 6.45) is 0.869. The number of amides is 1. The molecule has 2 aromatic carbocycles. The Bertz CT molecular complexity index is 1350. The summed E-state index contributed by atoms with van der Waals surface area (Å²) in [5.41, 5.74) is 4.42. The predicted octanol–water partition coefficient (Wildman–Crippen LogP) is 5.71. The molecule has 0 N–H and O–H groups in total. The van der Waals surface area contributed by atoms with Crippen LogP contribution in [-0.4, -0.2) is 42.0 Å². The lowest BCUT2D eigenvalue weighted by molar-refractivity contribution is 0.0736. The summed E-state index contributed by atoms with van der Waals surface area (Å²) in [4.78, 5) is 22.4. The number of carbonyl (C=O) groups excluding carboxylic acids is 1. The second kappa shape index (κ2) is 9.92. The van der Waals surface area contributed by atoms with Gasteiger partial charge in [0.2, 0.25) is 0 Å². The molecule has 0 atom stereocenters. The van der Waals surface area contributed by atoms with Crippen LogP contribution < -0.4 is 4.90 Å². The van der Waals surface area contributed by atoms with Crippen molar-refractivity contribution < 1.29 is 9.21 Å². The van der Waals surface area contributed by atoms with Gasteiger partial charge in [0.15, 0.2) is 5.76 Å². The van der Waals surface area contributed by atoms with E-state index in [1.165, 1.54) is 0 Å². The van der Waals surface area contributed by atoms with E-state index < -0.39 is 0 Å². The molecule has 3 heterocycles. The molecule has 34 heavy (non-hydrogen) atoms. The molecule has 1 fully saturated rings. The molecule has 0 spiro atoms. The van der Waals surface area contributed by atoms with Crippen molar-refractivity contribution in [3.05, 3.63) is 76.5 Å². The first-order valence-electron chi connectivity index (χ1n) is 11.2. The van der Waals surface area contributed by atoms with E-state index in [2.05, 4.69) is 16.0 Å². The highest BCUT2D eigenvalue weighted by Gasteiger charge is 2.27. The van der Waals surface area contributed by atoms with E-state index in [1.54, 1.807) is 23.1 Å². The monoisotopic (exact) mass is 488 g/mol. The molecule has 1 aliphatic rings. The number of aryl methyl sites for hydroxylation is 1. The van der Waals surface area contributed by atoms with E-state index >= 15 is 0 Å². The van der Waals surface area contributed by atoms with Gasteiger partial charge in [0.25, 0.3) is 5.91 Å². The van der Waals surface area contributed by atoms with Gasteiger partial charge in [-0.2, -0.15) is 5.26 Å². The number of hydrogen-bond acceptors (Lipinski definition) is 7. The molecule has 0 saturated carbocycles. The third-order valence-electron chi connectivity index (χ3n) is 5.98. The first-order valence-corrected chi connectivity index (χ1v) is 13.1. The number of carbonyl (C=O) groups is 1. The van der Waals surface area contributed by atoms with Gasteiger partial charge in [-0.05, 0) is 43.7 Å². The van der Waals surface area contributed by atoms with E-state index in [1.807, 2.05) is 65.7 Å². The van der Waals surface area contributed by atoms with Crippen molar-refractivity contribution in [2.75, 3.05) is 31.1 Å². The Labute approximate surface area is 206 Å². The van der Waals surface area contributed by atoms with Crippen LogP contribution >= 0.6 is 23.1 Å². The number of benzene rings is 2.